The average molecular weight is 769 g/mol. The van der Waals surface area contributed by atoms with Gasteiger partial charge in [0.1, 0.15) is 8.07 Å². The highest BCUT2D eigenvalue weighted by Crippen LogP contribution is 2.45. The maximum absolute atomic E-state index is 5.45. The van der Waals surface area contributed by atoms with Crippen molar-refractivity contribution in [1.82, 2.24) is 9.97 Å². The Balaban J connectivity index is 1.12. The number of benzene rings is 9. The first kappa shape index (κ1) is 35.0. The molecule has 0 bridgehead atoms. The van der Waals surface area contributed by atoms with Gasteiger partial charge in [-0.1, -0.05) is 213 Å². The molecule has 2 heterocycles. The summed E-state index contributed by atoms with van der Waals surface area (Å²) < 4.78 is 0. The summed E-state index contributed by atoms with van der Waals surface area (Å²) in [4.78, 5) is 10.7. The van der Waals surface area contributed by atoms with Crippen LogP contribution in [0.15, 0.2) is 206 Å². The fourth-order valence-electron chi connectivity index (χ4n) is 9.33. The van der Waals surface area contributed by atoms with E-state index in [4.69, 9.17) is 9.97 Å². The van der Waals surface area contributed by atoms with Gasteiger partial charge < -0.3 is 0 Å². The van der Waals surface area contributed by atoms with Gasteiger partial charge >= 0.3 is 0 Å². The third kappa shape index (κ3) is 5.93. The van der Waals surface area contributed by atoms with Crippen LogP contribution in [0.25, 0.3) is 100.0 Å². The van der Waals surface area contributed by atoms with E-state index in [2.05, 4.69) is 219 Å². The predicted molar refractivity (Wildman–Crippen MR) is 252 cm³/mol. The average Bonchev–Trinajstić information content (AvgIpc) is 3.53. The second kappa shape index (κ2) is 14.0. The van der Waals surface area contributed by atoms with Crippen LogP contribution in [-0.4, -0.2) is 18.0 Å². The summed E-state index contributed by atoms with van der Waals surface area (Å²) in [5, 5.41) is 7.83. The summed E-state index contributed by atoms with van der Waals surface area (Å²) >= 11 is 0. The van der Waals surface area contributed by atoms with Gasteiger partial charge in [0.15, 0.2) is 5.82 Å². The maximum Gasteiger partial charge on any atom is 0.160 e. The van der Waals surface area contributed by atoms with E-state index in [0.29, 0.717) is 5.82 Å². The van der Waals surface area contributed by atoms with Gasteiger partial charge in [-0.2, -0.15) is 0 Å². The van der Waals surface area contributed by atoms with E-state index in [1.807, 2.05) is 0 Å². The lowest BCUT2D eigenvalue weighted by Gasteiger charge is -2.21. The summed E-state index contributed by atoms with van der Waals surface area (Å²) in [6.45, 7) is 4.99. The third-order valence-electron chi connectivity index (χ3n) is 12.3. The molecule has 1 aliphatic heterocycles. The van der Waals surface area contributed by atoms with Crippen molar-refractivity contribution in [2.75, 3.05) is 0 Å². The van der Waals surface area contributed by atoms with E-state index < -0.39 is 8.07 Å². The van der Waals surface area contributed by atoms with Crippen LogP contribution >= 0.6 is 0 Å². The summed E-state index contributed by atoms with van der Waals surface area (Å²) in [6, 6.07) is 74.7. The Morgan fingerprint density at radius 3 is 1.32 bits per heavy atom. The lowest BCUT2D eigenvalue weighted by molar-refractivity contribution is 1.19. The minimum atomic E-state index is -1.88. The monoisotopic (exact) mass is 768 g/mol. The lowest BCUT2D eigenvalue weighted by Crippen LogP contribution is -2.49. The molecule has 11 rings (SSSR count). The Morgan fingerprint density at radius 2 is 0.729 bits per heavy atom. The van der Waals surface area contributed by atoms with Crippen LogP contribution in [0.1, 0.15) is 0 Å². The zero-order chi connectivity index (χ0) is 39.5. The number of nitrogens with zero attached hydrogens (tertiary/aromatic N) is 2. The molecule has 0 radical (unpaired) electrons. The van der Waals surface area contributed by atoms with E-state index in [1.54, 1.807) is 0 Å². The lowest BCUT2D eigenvalue weighted by atomic mass is 9.86. The molecule has 0 atom stereocenters. The van der Waals surface area contributed by atoms with Crippen LogP contribution in [0.2, 0.25) is 13.1 Å². The molecule has 3 heteroatoms. The van der Waals surface area contributed by atoms with Crippen LogP contribution in [-0.2, 0) is 0 Å². The molecule has 1 aromatic heterocycles. The summed E-state index contributed by atoms with van der Waals surface area (Å²) in [5.41, 5.74) is 15.0. The Morgan fingerprint density at radius 1 is 0.305 bits per heavy atom. The highest BCUT2D eigenvalue weighted by molar-refractivity contribution is 7.03. The fourth-order valence-corrected chi connectivity index (χ4v) is 12.4. The van der Waals surface area contributed by atoms with Crippen molar-refractivity contribution < 1.29 is 0 Å². The van der Waals surface area contributed by atoms with Gasteiger partial charge in [0.05, 0.1) is 11.4 Å². The fraction of sp³-hybridized carbons (Fsp3) is 0.0357. The summed E-state index contributed by atoms with van der Waals surface area (Å²) in [6.07, 6.45) is 0. The number of hydrogen-bond donors (Lipinski definition) is 0. The molecule has 9 aromatic carbocycles. The van der Waals surface area contributed by atoms with Crippen LogP contribution in [0.3, 0.4) is 0 Å². The normalized spacial score (nSPS) is 12.7. The summed E-state index contributed by atoms with van der Waals surface area (Å²) in [5.74, 6) is 0.701. The zero-order valence-electron chi connectivity index (χ0n) is 33.0. The molecule has 10 aromatic rings. The molecular weight excluding hydrogens is 729 g/mol. The van der Waals surface area contributed by atoms with E-state index in [1.165, 1.54) is 70.9 Å². The molecule has 278 valence electrons. The quantitative estimate of drug-likeness (QED) is 0.124. The molecule has 0 unspecified atom stereocenters. The molecule has 1 aliphatic rings. The van der Waals surface area contributed by atoms with E-state index >= 15 is 0 Å². The minimum Gasteiger partial charge on any atom is -0.228 e. The standard InChI is InChI=1S/C56H40N2Si/c1-59(2)52-24-14-13-19-44(52)45-34-33-43(35-53(45)59)54-46-20-9-11-22-48(46)55(49-23-12-10-21-47(49)54)51-36-50(41-29-25-39(26-30-41)37-15-5-3-6-16-37)57-56(58-51)42-31-27-40(28-32-42)38-17-7-4-8-18-38/h3-36H,1-2H3. The number of hydrogen-bond acceptors (Lipinski definition) is 2. The Kier molecular flexibility index (Phi) is 8.31. The number of aromatic nitrogens is 2. The van der Waals surface area contributed by atoms with Crippen LogP contribution in [0.5, 0.6) is 0 Å². The molecule has 0 fully saturated rings. The highest BCUT2D eigenvalue weighted by Gasteiger charge is 2.37. The second-order valence-electron chi connectivity index (χ2n) is 16.1. The molecule has 0 amide bonds. The first-order chi connectivity index (χ1) is 29.0. The number of rotatable bonds is 6. The first-order valence-electron chi connectivity index (χ1n) is 20.4. The molecular formula is C56H40N2Si. The Bertz CT molecular complexity index is 3050. The van der Waals surface area contributed by atoms with Crippen LogP contribution in [0.4, 0.5) is 0 Å². The van der Waals surface area contributed by atoms with Gasteiger partial charge in [0.2, 0.25) is 0 Å². The summed E-state index contributed by atoms with van der Waals surface area (Å²) in [7, 11) is -1.88. The molecule has 0 N–H and O–H groups in total. The van der Waals surface area contributed by atoms with Gasteiger partial charge in [-0.05, 0) is 82.5 Å². The van der Waals surface area contributed by atoms with Crippen molar-refractivity contribution >= 4 is 40.0 Å². The van der Waals surface area contributed by atoms with E-state index in [0.717, 1.165) is 33.6 Å². The van der Waals surface area contributed by atoms with Crippen molar-refractivity contribution in [2.45, 2.75) is 13.1 Å². The predicted octanol–water partition coefficient (Wildman–Crippen LogP) is 13.6. The smallest absolute Gasteiger partial charge is 0.160 e. The van der Waals surface area contributed by atoms with Gasteiger partial charge in [0, 0.05) is 16.7 Å². The third-order valence-corrected chi connectivity index (χ3v) is 15.9. The van der Waals surface area contributed by atoms with Crippen LogP contribution < -0.4 is 10.4 Å². The first-order valence-corrected chi connectivity index (χ1v) is 23.4. The molecule has 0 saturated carbocycles. The SMILES string of the molecule is C[Si]1(C)c2ccccc2-c2ccc(-c3c4ccccc4c(-c4cc(-c5ccc(-c6ccccc6)cc5)nc(-c5ccc(-c6ccccc6)cc5)n4)c4ccccc34)cc21. The maximum atomic E-state index is 5.45. The molecule has 59 heavy (non-hydrogen) atoms. The highest BCUT2D eigenvalue weighted by atomic mass is 28.3. The van der Waals surface area contributed by atoms with Gasteiger partial charge in [0.25, 0.3) is 0 Å². The largest absolute Gasteiger partial charge is 0.228 e. The Labute approximate surface area is 346 Å². The molecule has 0 saturated heterocycles. The molecule has 0 spiro atoms. The van der Waals surface area contributed by atoms with Crippen molar-refractivity contribution in [3.05, 3.63) is 206 Å². The van der Waals surface area contributed by atoms with E-state index in [-0.39, 0.29) is 0 Å². The van der Waals surface area contributed by atoms with Gasteiger partial charge in [-0.15, -0.1) is 0 Å². The Hall–Kier alpha value is -7.20. The molecule has 0 aliphatic carbocycles. The van der Waals surface area contributed by atoms with E-state index in [9.17, 15) is 0 Å². The topological polar surface area (TPSA) is 25.8 Å². The van der Waals surface area contributed by atoms with Crippen molar-refractivity contribution in [1.29, 1.82) is 0 Å². The number of fused-ring (bicyclic) bond motifs is 5. The van der Waals surface area contributed by atoms with Crippen molar-refractivity contribution in [3.8, 4) is 78.4 Å². The molecule has 2 nitrogen and oxygen atoms in total. The van der Waals surface area contributed by atoms with Gasteiger partial charge in [-0.25, -0.2) is 9.97 Å². The van der Waals surface area contributed by atoms with Crippen molar-refractivity contribution in [3.63, 3.8) is 0 Å². The van der Waals surface area contributed by atoms with Crippen LogP contribution in [0, 0.1) is 0 Å². The van der Waals surface area contributed by atoms with Gasteiger partial charge in [-0.3, -0.25) is 0 Å². The second-order valence-corrected chi connectivity index (χ2v) is 20.4. The van der Waals surface area contributed by atoms with Crippen molar-refractivity contribution in [2.24, 2.45) is 0 Å². The zero-order valence-corrected chi connectivity index (χ0v) is 34.0. The minimum absolute atomic E-state index is 0.701.